The molecule has 1 aliphatic heterocycles. The number of carbonyl (C=O) groups excluding carboxylic acids is 1. The van der Waals surface area contributed by atoms with E-state index in [-0.39, 0.29) is 11.9 Å². The molecule has 0 spiro atoms. The molecular weight excluding hydrogens is 328 g/mol. The normalized spacial score (nSPS) is 17.8. The number of rotatable bonds is 4. The second-order valence-corrected chi connectivity index (χ2v) is 6.95. The van der Waals surface area contributed by atoms with Crippen LogP contribution in [0.4, 0.5) is 0 Å². The monoisotopic (exact) mass is 352 g/mol. The van der Waals surface area contributed by atoms with Gasteiger partial charge in [0.2, 0.25) is 0 Å². The van der Waals surface area contributed by atoms with Crippen molar-refractivity contribution in [3.63, 3.8) is 0 Å². The predicted molar refractivity (Wildman–Crippen MR) is 100 cm³/mol. The van der Waals surface area contributed by atoms with Gasteiger partial charge in [0, 0.05) is 54.8 Å². The Bertz CT molecular complexity index is 927. The zero-order chi connectivity index (χ0) is 18.1. The van der Waals surface area contributed by atoms with Crippen molar-refractivity contribution in [2.45, 2.75) is 32.4 Å². The van der Waals surface area contributed by atoms with Gasteiger partial charge in [0.15, 0.2) is 0 Å². The van der Waals surface area contributed by atoms with E-state index in [1.165, 1.54) is 0 Å². The summed E-state index contributed by atoms with van der Waals surface area (Å²) in [4.78, 5) is 22.6. The van der Waals surface area contributed by atoms with Crippen LogP contribution in [0.2, 0.25) is 0 Å². The molecule has 1 aromatic carbocycles. The molecule has 0 bridgehead atoms. The van der Waals surface area contributed by atoms with Gasteiger partial charge in [0.25, 0.3) is 5.91 Å². The number of likely N-dealkylation sites (tertiary alicyclic amines) is 1. The lowest BCUT2D eigenvalue weighted by atomic mass is 10.0. The molecule has 2 aromatic heterocycles. The van der Waals surface area contributed by atoms with Crippen LogP contribution in [0.25, 0.3) is 10.9 Å². The van der Waals surface area contributed by atoms with Crippen LogP contribution < -0.4 is 0 Å². The predicted octanol–water partition coefficient (Wildman–Crippen LogP) is 3.30. The third-order valence-electron chi connectivity index (χ3n) is 5.18. The molecule has 26 heavy (non-hydrogen) atoms. The van der Waals surface area contributed by atoms with E-state index in [1.807, 2.05) is 41.6 Å². The van der Waals surface area contributed by atoms with Crippen molar-refractivity contribution in [3.05, 3.63) is 53.7 Å². The third-order valence-corrected chi connectivity index (χ3v) is 5.18. The summed E-state index contributed by atoms with van der Waals surface area (Å²) in [6.07, 6.45) is 5.82. The summed E-state index contributed by atoms with van der Waals surface area (Å²) in [5.41, 5.74) is 2.92. The van der Waals surface area contributed by atoms with Gasteiger partial charge in [-0.15, -0.1) is 0 Å². The molecule has 0 radical (unpaired) electrons. The van der Waals surface area contributed by atoms with E-state index < -0.39 is 0 Å². The third kappa shape index (κ3) is 3.01. The molecule has 3 aromatic rings. The number of aromatic amines is 1. The summed E-state index contributed by atoms with van der Waals surface area (Å²) in [7, 11) is 1.68. The van der Waals surface area contributed by atoms with E-state index in [1.54, 1.807) is 7.11 Å². The SMILES string of the molecule is COCc1ncc(C)n1C1CCCN(C(=O)c2ccc3[nH]ccc3c2)C1. The summed E-state index contributed by atoms with van der Waals surface area (Å²) in [5.74, 6) is 1.03. The summed E-state index contributed by atoms with van der Waals surface area (Å²) in [6.45, 7) is 4.06. The first-order chi connectivity index (χ1) is 12.7. The lowest BCUT2D eigenvalue weighted by Crippen LogP contribution is -2.41. The minimum atomic E-state index is 0.101. The number of nitrogens with zero attached hydrogens (tertiary/aromatic N) is 3. The number of imidazole rings is 1. The van der Waals surface area contributed by atoms with Crippen LogP contribution in [0.5, 0.6) is 0 Å². The molecule has 1 aliphatic rings. The average Bonchev–Trinajstić information content (AvgIpc) is 3.27. The van der Waals surface area contributed by atoms with Crippen LogP contribution in [0.3, 0.4) is 0 Å². The molecule has 4 rings (SSSR count). The summed E-state index contributed by atoms with van der Waals surface area (Å²) in [6, 6.07) is 8.09. The van der Waals surface area contributed by atoms with Gasteiger partial charge in [-0.3, -0.25) is 4.79 Å². The fraction of sp³-hybridized carbons (Fsp3) is 0.400. The molecule has 0 saturated carbocycles. The maximum absolute atomic E-state index is 13.0. The number of amides is 1. The fourth-order valence-electron chi connectivity index (χ4n) is 3.95. The fourth-order valence-corrected chi connectivity index (χ4v) is 3.95. The van der Waals surface area contributed by atoms with Crippen molar-refractivity contribution >= 4 is 16.8 Å². The number of nitrogens with one attached hydrogen (secondary N) is 1. The first kappa shape index (κ1) is 16.8. The average molecular weight is 352 g/mol. The summed E-state index contributed by atoms with van der Waals surface area (Å²) >= 11 is 0. The molecule has 3 heterocycles. The highest BCUT2D eigenvalue weighted by atomic mass is 16.5. The molecular formula is C20H24N4O2. The Morgan fingerprint density at radius 3 is 3.12 bits per heavy atom. The first-order valence-corrected chi connectivity index (χ1v) is 9.05. The zero-order valence-electron chi connectivity index (χ0n) is 15.2. The van der Waals surface area contributed by atoms with Crippen molar-refractivity contribution in [2.75, 3.05) is 20.2 Å². The van der Waals surface area contributed by atoms with Crippen LogP contribution in [-0.2, 0) is 11.3 Å². The van der Waals surface area contributed by atoms with Crippen molar-refractivity contribution in [3.8, 4) is 0 Å². The smallest absolute Gasteiger partial charge is 0.253 e. The van der Waals surface area contributed by atoms with E-state index >= 15 is 0 Å². The Morgan fingerprint density at radius 1 is 1.38 bits per heavy atom. The quantitative estimate of drug-likeness (QED) is 0.784. The molecule has 6 nitrogen and oxygen atoms in total. The highest BCUT2D eigenvalue weighted by molar-refractivity contribution is 5.98. The topological polar surface area (TPSA) is 63.1 Å². The van der Waals surface area contributed by atoms with E-state index in [9.17, 15) is 4.79 Å². The van der Waals surface area contributed by atoms with Gasteiger partial charge in [-0.25, -0.2) is 4.98 Å². The maximum atomic E-state index is 13.0. The maximum Gasteiger partial charge on any atom is 0.253 e. The number of methoxy groups -OCH3 is 1. The van der Waals surface area contributed by atoms with E-state index in [4.69, 9.17) is 4.74 Å². The number of aryl methyl sites for hydroxylation is 1. The number of fused-ring (bicyclic) bond motifs is 1. The largest absolute Gasteiger partial charge is 0.377 e. The lowest BCUT2D eigenvalue weighted by Gasteiger charge is -2.34. The van der Waals surface area contributed by atoms with Gasteiger partial charge in [0.05, 0.1) is 6.04 Å². The number of hydrogen-bond acceptors (Lipinski definition) is 3. The van der Waals surface area contributed by atoms with Crippen molar-refractivity contribution in [1.29, 1.82) is 0 Å². The van der Waals surface area contributed by atoms with Crippen LogP contribution >= 0.6 is 0 Å². The number of piperidine rings is 1. The van der Waals surface area contributed by atoms with Crippen molar-refractivity contribution in [1.82, 2.24) is 19.4 Å². The molecule has 1 N–H and O–H groups in total. The molecule has 1 fully saturated rings. The molecule has 1 amide bonds. The van der Waals surface area contributed by atoms with Crippen LogP contribution in [-0.4, -0.2) is 45.5 Å². The summed E-state index contributed by atoms with van der Waals surface area (Å²) in [5, 5.41) is 1.07. The van der Waals surface area contributed by atoms with Gasteiger partial charge in [0.1, 0.15) is 12.4 Å². The highest BCUT2D eigenvalue weighted by Crippen LogP contribution is 2.26. The van der Waals surface area contributed by atoms with E-state index in [2.05, 4.69) is 21.5 Å². The van der Waals surface area contributed by atoms with Crippen molar-refractivity contribution < 1.29 is 9.53 Å². The second-order valence-electron chi connectivity index (χ2n) is 6.95. The molecule has 1 atom stereocenters. The zero-order valence-corrected chi connectivity index (χ0v) is 15.2. The van der Waals surface area contributed by atoms with Crippen LogP contribution in [0, 0.1) is 6.92 Å². The van der Waals surface area contributed by atoms with E-state index in [0.717, 1.165) is 47.4 Å². The van der Waals surface area contributed by atoms with E-state index in [0.29, 0.717) is 13.2 Å². The van der Waals surface area contributed by atoms with Gasteiger partial charge in [-0.2, -0.15) is 0 Å². The molecule has 136 valence electrons. The Hall–Kier alpha value is -2.60. The number of benzene rings is 1. The lowest BCUT2D eigenvalue weighted by molar-refractivity contribution is 0.0672. The minimum Gasteiger partial charge on any atom is -0.377 e. The molecule has 1 unspecified atom stereocenters. The van der Waals surface area contributed by atoms with Crippen LogP contribution in [0.1, 0.15) is 40.8 Å². The van der Waals surface area contributed by atoms with Gasteiger partial charge < -0.3 is 19.2 Å². The first-order valence-electron chi connectivity index (χ1n) is 9.05. The number of hydrogen-bond donors (Lipinski definition) is 1. The molecule has 0 aliphatic carbocycles. The minimum absolute atomic E-state index is 0.101. The summed E-state index contributed by atoms with van der Waals surface area (Å²) < 4.78 is 7.52. The molecule has 6 heteroatoms. The Balaban J connectivity index is 1.56. The van der Waals surface area contributed by atoms with Crippen molar-refractivity contribution in [2.24, 2.45) is 0 Å². The molecule has 1 saturated heterocycles. The Kier molecular flexibility index (Phi) is 4.51. The number of H-pyrrole nitrogens is 1. The second kappa shape index (κ2) is 6.96. The number of aromatic nitrogens is 3. The Labute approximate surface area is 152 Å². The van der Waals surface area contributed by atoms with Gasteiger partial charge in [-0.05, 0) is 44.0 Å². The number of carbonyl (C=O) groups is 1. The standard InChI is InChI=1S/C20H24N4O2/c1-14-11-22-19(13-26-2)24(14)17-4-3-9-23(12-17)20(25)16-5-6-18-15(10-16)7-8-21-18/h5-8,10-11,17,21H,3-4,9,12-13H2,1-2H3. The highest BCUT2D eigenvalue weighted by Gasteiger charge is 2.27. The van der Waals surface area contributed by atoms with Crippen LogP contribution in [0.15, 0.2) is 36.7 Å². The Morgan fingerprint density at radius 2 is 2.27 bits per heavy atom. The number of ether oxygens (including phenoxy) is 1. The van der Waals surface area contributed by atoms with Gasteiger partial charge >= 0.3 is 0 Å². The van der Waals surface area contributed by atoms with Gasteiger partial charge in [-0.1, -0.05) is 0 Å².